The van der Waals surface area contributed by atoms with E-state index in [4.69, 9.17) is 11.6 Å². The number of halogens is 1. The summed E-state index contributed by atoms with van der Waals surface area (Å²) in [5.74, 6) is 0.963. The highest BCUT2D eigenvalue weighted by atomic mass is 35.5. The molecule has 31 heavy (non-hydrogen) atoms. The van der Waals surface area contributed by atoms with E-state index < -0.39 is 0 Å². The smallest absolute Gasteiger partial charge is 0.260 e. The summed E-state index contributed by atoms with van der Waals surface area (Å²) in [4.78, 5) is 14.3. The molecule has 0 unspecified atom stereocenters. The molecule has 5 rings (SSSR count). The summed E-state index contributed by atoms with van der Waals surface area (Å²) in [6, 6.07) is 9.96. The molecule has 4 aromatic rings. The Balaban J connectivity index is 1.34. The molecule has 0 bridgehead atoms. The maximum absolute atomic E-state index is 13.0. The Morgan fingerprint density at radius 1 is 1.32 bits per heavy atom. The van der Waals surface area contributed by atoms with Crippen LogP contribution in [0.3, 0.4) is 0 Å². The first kappa shape index (κ1) is 20.7. The highest BCUT2D eigenvalue weighted by Gasteiger charge is 2.33. The number of rotatable bonds is 7. The zero-order valence-electron chi connectivity index (χ0n) is 16.5. The molecule has 1 aromatic carbocycles. The molecule has 1 N–H and O–H groups in total. The van der Waals surface area contributed by atoms with E-state index in [0.717, 1.165) is 39.9 Å². The van der Waals surface area contributed by atoms with Crippen LogP contribution < -0.4 is 5.32 Å². The van der Waals surface area contributed by atoms with E-state index >= 15 is 0 Å². The molecule has 1 saturated carbocycles. The fraction of sp³-hybridized carbons (Fsp3) is 0.238. The molecule has 1 aliphatic rings. The van der Waals surface area contributed by atoms with Gasteiger partial charge in [-0.25, -0.2) is 4.68 Å². The Kier molecular flexibility index (Phi) is 5.83. The number of benzene rings is 1. The van der Waals surface area contributed by atoms with E-state index in [0.29, 0.717) is 21.6 Å². The van der Waals surface area contributed by atoms with Gasteiger partial charge in [0, 0.05) is 21.6 Å². The van der Waals surface area contributed by atoms with Gasteiger partial charge in [0.15, 0.2) is 4.34 Å². The van der Waals surface area contributed by atoms with Crippen LogP contribution in [0.25, 0.3) is 5.69 Å². The molecular formula is C21H18ClN5OS3. The third-order valence-corrected chi connectivity index (χ3v) is 8.45. The van der Waals surface area contributed by atoms with Crippen molar-refractivity contribution in [3.63, 3.8) is 0 Å². The van der Waals surface area contributed by atoms with Crippen LogP contribution >= 0.6 is 46.0 Å². The fourth-order valence-electron chi connectivity index (χ4n) is 3.21. The van der Waals surface area contributed by atoms with Gasteiger partial charge in [-0.05, 0) is 48.9 Å². The van der Waals surface area contributed by atoms with Crippen molar-refractivity contribution in [2.75, 3.05) is 5.32 Å². The summed E-state index contributed by atoms with van der Waals surface area (Å²) in [5, 5.41) is 19.0. The molecule has 1 fully saturated rings. The first-order valence-electron chi connectivity index (χ1n) is 9.73. The van der Waals surface area contributed by atoms with Gasteiger partial charge < -0.3 is 0 Å². The van der Waals surface area contributed by atoms with Gasteiger partial charge in [-0.2, -0.15) is 5.10 Å². The highest BCUT2D eigenvalue weighted by Crippen LogP contribution is 2.43. The van der Waals surface area contributed by atoms with Crippen molar-refractivity contribution in [2.24, 2.45) is 0 Å². The van der Waals surface area contributed by atoms with Gasteiger partial charge >= 0.3 is 0 Å². The summed E-state index contributed by atoms with van der Waals surface area (Å²) in [5.41, 5.74) is 3.36. The van der Waals surface area contributed by atoms with E-state index in [1.165, 1.54) is 16.2 Å². The number of aromatic nitrogens is 4. The minimum absolute atomic E-state index is 0.211. The highest BCUT2D eigenvalue weighted by molar-refractivity contribution is 8.00. The number of hydrogen-bond acceptors (Lipinski definition) is 7. The van der Waals surface area contributed by atoms with Crippen LogP contribution in [0.15, 0.2) is 46.2 Å². The van der Waals surface area contributed by atoms with E-state index in [9.17, 15) is 4.79 Å². The average molecular weight is 488 g/mol. The maximum Gasteiger partial charge on any atom is 0.260 e. The van der Waals surface area contributed by atoms with E-state index in [2.05, 4.69) is 32.1 Å². The molecule has 3 aromatic heterocycles. The van der Waals surface area contributed by atoms with Crippen molar-refractivity contribution in [2.45, 2.75) is 35.8 Å². The number of anilines is 1. The number of hydrogen-bond donors (Lipinski definition) is 1. The number of carbonyl (C=O) groups excluding carboxylic acids is 1. The van der Waals surface area contributed by atoms with Crippen LogP contribution in [0.5, 0.6) is 0 Å². The summed E-state index contributed by atoms with van der Waals surface area (Å²) in [6.45, 7) is 1.96. The topological polar surface area (TPSA) is 72.7 Å². The van der Waals surface area contributed by atoms with Crippen LogP contribution in [-0.4, -0.2) is 25.9 Å². The molecule has 6 nitrogen and oxygen atoms in total. The standard InChI is InChI=1S/C21H18ClN5OS3/c1-12-4-7-14(9-17(12)22)27-18(13-5-6-13)16(10-23-27)19(28)24-20-25-26-21(31-20)30-11-15-3-2-8-29-15/h2-4,7-10,13H,5-6,11H2,1H3,(H,24,25,28). The van der Waals surface area contributed by atoms with Gasteiger partial charge in [0.2, 0.25) is 5.13 Å². The lowest BCUT2D eigenvalue weighted by molar-refractivity contribution is 0.102. The number of aryl methyl sites for hydroxylation is 1. The molecule has 3 heterocycles. The van der Waals surface area contributed by atoms with Gasteiger partial charge in [-0.3, -0.25) is 10.1 Å². The third-order valence-electron chi connectivity index (χ3n) is 4.96. The van der Waals surface area contributed by atoms with Crippen LogP contribution in [0, 0.1) is 6.92 Å². The van der Waals surface area contributed by atoms with E-state index in [1.807, 2.05) is 35.9 Å². The van der Waals surface area contributed by atoms with Gasteiger partial charge in [0.1, 0.15) is 0 Å². The minimum Gasteiger partial charge on any atom is -0.296 e. The molecule has 10 heteroatoms. The quantitative estimate of drug-likeness (QED) is 0.249. The molecule has 0 radical (unpaired) electrons. The number of carbonyl (C=O) groups is 1. The van der Waals surface area contributed by atoms with Gasteiger partial charge in [-0.15, -0.1) is 21.5 Å². The zero-order valence-corrected chi connectivity index (χ0v) is 19.7. The summed E-state index contributed by atoms with van der Waals surface area (Å²) >= 11 is 11.0. The van der Waals surface area contributed by atoms with Crippen molar-refractivity contribution in [1.29, 1.82) is 0 Å². The normalized spacial score (nSPS) is 13.5. The van der Waals surface area contributed by atoms with Crippen LogP contribution in [0.1, 0.15) is 45.3 Å². The summed E-state index contributed by atoms with van der Waals surface area (Å²) in [7, 11) is 0. The monoisotopic (exact) mass is 487 g/mol. The van der Waals surface area contributed by atoms with Crippen molar-refractivity contribution in [1.82, 2.24) is 20.0 Å². The molecule has 0 atom stereocenters. The molecule has 1 amide bonds. The van der Waals surface area contributed by atoms with Crippen molar-refractivity contribution >= 4 is 57.1 Å². The van der Waals surface area contributed by atoms with E-state index in [1.54, 1.807) is 29.3 Å². The first-order valence-corrected chi connectivity index (χ1v) is 12.8. The van der Waals surface area contributed by atoms with Crippen LogP contribution in [-0.2, 0) is 5.75 Å². The van der Waals surface area contributed by atoms with Crippen molar-refractivity contribution in [3.8, 4) is 5.69 Å². The molecule has 0 saturated heterocycles. The largest absolute Gasteiger partial charge is 0.296 e. The lowest BCUT2D eigenvalue weighted by atomic mass is 10.1. The maximum atomic E-state index is 13.0. The molecule has 0 spiro atoms. The molecule has 0 aliphatic heterocycles. The average Bonchev–Trinajstić information content (AvgIpc) is 3.15. The molecular weight excluding hydrogens is 470 g/mol. The second-order valence-electron chi connectivity index (χ2n) is 7.26. The zero-order chi connectivity index (χ0) is 21.4. The number of amides is 1. The fourth-order valence-corrected chi connectivity index (χ4v) is 5.91. The molecule has 158 valence electrons. The van der Waals surface area contributed by atoms with Crippen molar-refractivity contribution in [3.05, 3.63) is 68.6 Å². The third kappa shape index (κ3) is 4.55. The first-order chi connectivity index (χ1) is 15.1. The van der Waals surface area contributed by atoms with Crippen LogP contribution in [0.4, 0.5) is 5.13 Å². The number of thiophene rings is 1. The predicted octanol–water partition coefficient (Wildman–Crippen LogP) is 6.17. The Morgan fingerprint density at radius 3 is 2.94 bits per heavy atom. The van der Waals surface area contributed by atoms with Crippen LogP contribution in [0.2, 0.25) is 5.02 Å². The summed E-state index contributed by atoms with van der Waals surface area (Å²) in [6.07, 6.45) is 3.73. The van der Waals surface area contributed by atoms with E-state index in [-0.39, 0.29) is 5.91 Å². The Hall–Kier alpha value is -2.20. The predicted molar refractivity (Wildman–Crippen MR) is 127 cm³/mol. The second-order valence-corrected chi connectivity index (χ2v) is 10.9. The summed E-state index contributed by atoms with van der Waals surface area (Å²) < 4.78 is 2.66. The SMILES string of the molecule is Cc1ccc(-n2ncc(C(=O)Nc3nnc(SCc4cccs4)s3)c2C2CC2)cc1Cl. The Labute approximate surface area is 196 Å². The lowest BCUT2D eigenvalue weighted by Gasteiger charge is -2.10. The number of nitrogens with zero attached hydrogens (tertiary/aromatic N) is 4. The Morgan fingerprint density at radius 2 is 2.19 bits per heavy atom. The lowest BCUT2D eigenvalue weighted by Crippen LogP contribution is -2.14. The van der Waals surface area contributed by atoms with Gasteiger partial charge in [-0.1, -0.05) is 46.8 Å². The Bertz CT molecular complexity index is 1230. The second kappa shape index (κ2) is 8.74. The van der Waals surface area contributed by atoms with Gasteiger partial charge in [0.25, 0.3) is 5.91 Å². The number of nitrogens with one attached hydrogen (secondary N) is 1. The molecule has 1 aliphatic carbocycles. The van der Waals surface area contributed by atoms with Gasteiger partial charge in [0.05, 0.1) is 23.1 Å². The number of thioether (sulfide) groups is 1. The van der Waals surface area contributed by atoms with Crippen molar-refractivity contribution < 1.29 is 4.79 Å². The minimum atomic E-state index is -0.211.